The molecule has 0 amide bonds. The maximum Gasteiger partial charge on any atom is 0.330 e. The van der Waals surface area contributed by atoms with Gasteiger partial charge in [-0.3, -0.25) is 0 Å². The summed E-state index contributed by atoms with van der Waals surface area (Å²) in [7, 11) is 0. The highest BCUT2D eigenvalue weighted by molar-refractivity contribution is 6.06. The molecule has 0 unspecified atom stereocenters. The Bertz CT molecular complexity index is 1650. The van der Waals surface area contributed by atoms with Crippen LogP contribution in [0, 0.1) is 0 Å². The molecule has 0 aliphatic heterocycles. The van der Waals surface area contributed by atoms with Gasteiger partial charge in [0, 0.05) is 22.3 Å². The lowest BCUT2D eigenvalue weighted by Crippen LogP contribution is -2.15. The third-order valence-electron chi connectivity index (χ3n) is 7.47. The van der Waals surface area contributed by atoms with Gasteiger partial charge < -0.3 is 9.15 Å². The summed E-state index contributed by atoms with van der Waals surface area (Å²) in [4.78, 5) is 11.3. The molecule has 0 atom stereocenters. The van der Waals surface area contributed by atoms with E-state index >= 15 is 0 Å². The van der Waals surface area contributed by atoms with Crippen LogP contribution in [0.1, 0.15) is 37.0 Å². The molecule has 4 aromatic carbocycles. The van der Waals surface area contributed by atoms with Crippen LogP contribution in [-0.4, -0.2) is 12.6 Å². The highest BCUT2D eigenvalue weighted by Gasteiger charge is 2.35. The molecular formula is C33H28O3. The van der Waals surface area contributed by atoms with Crippen molar-refractivity contribution < 1.29 is 13.9 Å². The zero-order valence-electron chi connectivity index (χ0n) is 20.6. The first-order valence-corrected chi connectivity index (χ1v) is 12.4. The molecule has 5 aromatic rings. The second kappa shape index (κ2) is 8.53. The molecule has 1 heterocycles. The number of esters is 1. The second-order valence-corrected chi connectivity index (χ2v) is 10.0. The van der Waals surface area contributed by atoms with Crippen molar-refractivity contribution in [3.8, 4) is 22.3 Å². The van der Waals surface area contributed by atoms with Gasteiger partial charge in [0.15, 0.2) is 0 Å². The number of para-hydroxylation sites is 1. The molecule has 178 valence electrons. The van der Waals surface area contributed by atoms with Gasteiger partial charge in [0.05, 0.1) is 6.61 Å². The Labute approximate surface area is 211 Å². The summed E-state index contributed by atoms with van der Waals surface area (Å²) in [5.74, 6) is -0.364. The van der Waals surface area contributed by atoms with Crippen molar-refractivity contribution in [3.63, 3.8) is 0 Å². The summed E-state index contributed by atoms with van der Waals surface area (Å²) in [6.45, 7) is 8.47. The average molecular weight is 473 g/mol. The molecule has 0 saturated heterocycles. The molecule has 0 spiro atoms. The fourth-order valence-corrected chi connectivity index (χ4v) is 5.53. The van der Waals surface area contributed by atoms with Gasteiger partial charge in [0.25, 0.3) is 0 Å². The Morgan fingerprint density at radius 3 is 2.39 bits per heavy atom. The summed E-state index contributed by atoms with van der Waals surface area (Å²) in [6, 6.07) is 28.3. The molecule has 0 saturated carbocycles. The van der Waals surface area contributed by atoms with E-state index in [0.717, 1.165) is 34.8 Å². The number of benzene rings is 4. The molecule has 0 radical (unpaired) electrons. The van der Waals surface area contributed by atoms with Crippen LogP contribution in [0.4, 0.5) is 0 Å². The number of hydrogen-bond acceptors (Lipinski definition) is 3. The summed E-state index contributed by atoms with van der Waals surface area (Å²) in [5, 5.41) is 2.30. The lowest BCUT2D eigenvalue weighted by atomic mass is 9.81. The Morgan fingerprint density at radius 2 is 1.56 bits per heavy atom. The minimum absolute atomic E-state index is 0.0988. The number of carbonyl (C=O) groups excluding carboxylic acids is 1. The zero-order valence-corrected chi connectivity index (χ0v) is 20.6. The SMILES string of the molecule is C=CC(=O)OCCCc1ccc2c(c1)C(C)(C)c1cc(-c3ccc4oc5ccccc5c4c3)ccc1-2. The van der Waals surface area contributed by atoms with E-state index < -0.39 is 0 Å². The average Bonchev–Trinajstić information content (AvgIpc) is 3.38. The highest BCUT2D eigenvalue weighted by Crippen LogP contribution is 2.50. The highest BCUT2D eigenvalue weighted by atomic mass is 16.5. The summed E-state index contributed by atoms with van der Waals surface area (Å²) in [5.41, 5.74) is 10.7. The molecular weight excluding hydrogens is 444 g/mol. The number of carbonyl (C=O) groups is 1. The molecule has 0 N–H and O–H groups in total. The summed E-state index contributed by atoms with van der Waals surface area (Å²) in [6.07, 6.45) is 2.87. The first-order chi connectivity index (χ1) is 17.5. The maximum atomic E-state index is 11.3. The smallest absolute Gasteiger partial charge is 0.330 e. The molecule has 1 aliphatic carbocycles. The van der Waals surface area contributed by atoms with E-state index in [4.69, 9.17) is 9.15 Å². The van der Waals surface area contributed by atoms with Crippen molar-refractivity contribution >= 4 is 27.9 Å². The van der Waals surface area contributed by atoms with Crippen molar-refractivity contribution in [2.45, 2.75) is 32.1 Å². The van der Waals surface area contributed by atoms with E-state index in [1.807, 2.05) is 12.1 Å². The lowest BCUT2D eigenvalue weighted by molar-refractivity contribution is -0.137. The fourth-order valence-electron chi connectivity index (χ4n) is 5.53. The normalized spacial score (nSPS) is 13.5. The Kier molecular flexibility index (Phi) is 5.30. The van der Waals surface area contributed by atoms with Gasteiger partial charge in [-0.15, -0.1) is 0 Å². The van der Waals surface area contributed by atoms with Crippen molar-refractivity contribution in [3.05, 3.63) is 108 Å². The number of fused-ring (bicyclic) bond motifs is 6. The van der Waals surface area contributed by atoms with E-state index in [9.17, 15) is 4.79 Å². The molecule has 0 fully saturated rings. The molecule has 1 aliphatic rings. The lowest BCUT2D eigenvalue weighted by Gasteiger charge is -2.22. The van der Waals surface area contributed by atoms with Crippen LogP contribution in [-0.2, 0) is 21.4 Å². The van der Waals surface area contributed by atoms with Crippen LogP contribution in [0.3, 0.4) is 0 Å². The molecule has 3 heteroatoms. The van der Waals surface area contributed by atoms with Gasteiger partial charge in [-0.2, -0.15) is 0 Å². The van der Waals surface area contributed by atoms with Gasteiger partial charge in [0.2, 0.25) is 0 Å². The van der Waals surface area contributed by atoms with E-state index in [0.29, 0.717) is 6.61 Å². The third kappa shape index (κ3) is 3.63. The molecule has 1 aromatic heterocycles. The molecule has 36 heavy (non-hydrogen) atoms. The topological polar surface area (TPSA) is 39.4 Å². The van der Waals surface area contributed by atoms with Crippen molar-refractivity contribution in [1.82, 2.24) is 0 Å². The van der Waals surface area contributed by atoms with Crippen LogP contribution in [0.5, 0.6) is 0 Å². The van der Waals surface area contributed by atoms with E-state index in [-0.39, 0.29) is 11.4 Å². The van der Waals surface area contributed by atoms with E-state index in [1.54, 1.807) is 0 Å². The Morgan fingerprint density at radius 1 is 0.861 bits per heavy atom. The van der Waals surface area contributed by atoms with Gasteiger partial charge >= 0.3 is 5.97 Å². The number of rotatable bonds is 6. The quantitative estimate of drug-likeness (QED) is 0.142. The standard InChI is InChI=1S/C33H28O3/c1-4-32(34)35-17-7-8-21-11-14-24-25-15-12-23(20-29(25)33(2,3)28(24)18-21)22-13-16-31-27(19-22)26-9-5-6-10-30(26)36-31/h4-6,9-16,18-20H,1,7-8,17H2,2-3H3. The second-order valence-electron chi connectivity index (χ2n) is 10.0. The van der Waals surface area contributed by atoms with Crippen LogP contribution in [0.25, 0.3) is 44.2 Å². The molecule has 0 bridgehead atoms. The largest absolute Gasteiger partial charge is 0.463 e. The van der Waals surface area contributed by atoms with Crippen LogP contribution in [0.15, 0.2) is 95.9 Å². The summed E-state index contributed by atoms with van der Waals surface area (Å²) >= 11 is 0. The fraction of sp³-hybridized carbons (Fsp3) is 0.182. The van der Waals surface area contributed by atoms with Gasteiger partial charge in [-0.1, -0.05) is 75.0 Å². The van der Waals surface area contributed by atoms with Crippen molar-refractivity contribution in [1.29, 1.82) is 0 Å². The van der Waals surface area contributed by atoms with Gasteiger partial charge in [-0.25, -0.2) is 4.79 Å². The van der Waals surface area contributed by atoms with Gasteiger partial charge in [0.1, 0.15) is 11.2 Å². The van der Waals surface area contributed by atoms with Crippen molar-refractivity contribution in [2.24, 2.45) is 0 Å². The predicted molar refractivity (Wildman–Crippen MR) is 146 cm³/mol. The maximum absolute atomic E-state index is 11.3. The number of hydrogen-bond donors (Lipinski definition) is 0. The van der Waals surface area contributed by atoms with Gasteiger partial charge in [-0.05, 0) is 76.1 Å². The number of ether oxygens (including phenoxy) is 1. The Balaban J connectivity index is 1.32. The minimum Gasteiger partial charge on any atom is -0.463 e. The van der Waals surface area contributed by atoms with Crippen LogP contribution in [0.2, 0.25) is 0 Å². The van der Waals surface area contributed by atoms with Crippen LogP contribution < -0.4 is 0 Å². The van der Waals surface area contributed by atoms with Crippen molar-refractivity contribution in [2.75, 3.05) is 6.61 Å². The number of furan rings is 1. The van der Waals surface area contributed by atoms with Crippen LogP contribution >= 0.6 is 0 Å². The van der Waals surface area contributed by atoms with E-state index in [2.05, 4.69) is 87.2 Å². The first kappa shape index (κ1) is 22.4. The first-order valence-electron chi connectivity index (χ1n) is 12.4. The zero-order chi connectivity index (χ0) is 24.9. The van der Waals surface area contributed by atoms with E-state index in [1.165, 1.54) is 45.0 Å². The summed E-state index contributed by atoms with van der Waals surface area (Å²) < 4.78 is 11.2. The predicted octanol–water partition coefficient (Wildman–Crippen LogP) is 8.22. The molecule has 3 nitrogen and oxygen atoms in total. The minimum atomic E-state index is -0.364. The Hall–Kier alpha value is -4.11. The number of aryl methyl sites for hydroxylation is 1. The third-order valence-corrected chi connectivity index (χ3v) is 7.47. The monoisotopic (exact) mass is 472 g/mol. The molecule has 6 rings (SSSR count).